The van der Waals surface area contributed by atoms with E-state index in [1.165, 1.54) is 24.2 Å². The van der Waals surface area contributed by atoms with Gasteiger partial charge in [0.1, 0.15) is 4.90 Å². The van der Waals surface area contributed by atoms with E-state index in [4.69, 9.17) is 0 Å². The summed E-state index contributed by atoms with van der Waals surface area (Å²) < 4.78 is 28.6. The Hall–Kier alpha value is 0.530. The number of hydrogen-bond donors (Lipinski definition) is 1. The van der Waals surface area contributed by atoms with Crippen molar-refractivity contribution in [2.24, 2.45) is 0 Å². The van der Waals surface area contributed by atoms with Gasteiger partial charge >= 0.3 is 0 Å². The Kier molecular flexibility index (Phi) is 4.34. The van der Waals surface area contributed by atoms with Gasteiger partial charge in [-0.1, -0.05) is 0 Å². The molecule has 2 saturated heterocycles. The zero-order valence-electron chi connectivity index (χ0n) is 11.0. The number of fused-ring (bicyclic) bond motifs is 2. The Morgan fingerprint density at radius 3 is 2.40 bits per heavy atom. The van der Waals surface area contributed by atoms with E-state index in [1.807, 2.05) is 0 Å². The number of hydrogen-bond acceptors (Lipinski definition) is 4. The molecular formula is C12H16Br2N2O2S2. The topological polar surface area (TPSA) is 49.4 Å². The van der Waals surface area contributed by atoms with Gasteiger partial charge in [-0.2, -0.15) is 4.31 Å². The van der Waals surface area contributed by atoms with Crippen LogP contribution >= 0.6 is 43.2 Å². The Labute approximate surface area is 140 Å². The molecule has 20 heavy (non-hydrogen) atoms. The molecule has 0 spiro atoms. The largest absolute Gasteiger partial charge is 0.311 e. The molecule has 3 heterocycles. The first-order valence-electron chi connectivity index (χ1n) is 6.57. The molecule has 2 bridgehead atoms. The molecule has 0 saturated carbocycles. The summed E-state index contributed by atoms with van der Waals surface area (Å²) in [6.07, 6.45) is 4.16. The molecule has 0 aromatic carbocycles. The highest BCUT2D eigenvalue weighted by Crippen LogP contribution is 2.38. The SMILES string of the molecule is CN(C1CC2CCC(C1)N2)S(=O)(=O)c1cc(Br)sc1Br. The minimum Gasteiger partial charge on any atom is -0.311 e. The van der Waals surface area contributed by atoms with E-state index in [0.717, 1.165) is 16.6 Å². The number of nitrogens with one attached hydrogen (secondary N) is 1. The lowest BCUT2D eigenvalue weighted by Gasteiger charge is -2.34. The molecule has 0 amide bonds. The maximum atomic E-state index is 12.8. The molecule has 8 heteroatoms. The van der Waals surface area contributed by atoms with E-state index in [-0.39, 0.29) is 6.04 Å². The Bertz CT molecular complexity index is 605. The fraction of sp³-hybridized carbons (Fsp3) is 0.667. The number of sulfonamides is 1. The van der Waals surface area contributed by atoms with Crippen molar-refractivity contribution in [3.63, 3.8) is 0 Å². The zero-order valence-corrected chi connectivity index (χ0v) is 15.8. The van der Waals surface area contributed by atoms with Crippen LogP contribution in [0, 0.1) is 0 Å². The van der Waals surface area contributed by atoms with Gasteiger partial charge in [-0.25, -0.2) is 8.42 Å². The number of halogens is 2. The summed E-state index contributed by atoms with van der Waals surface area (Å²) in [4.78, 5) is 0.364. The summed E-state index contributed by atoms with van der Waals surface area (Å²) in [5, 5.41) is 3.55. The van der Waals surface area contributed by atoms with E-state index >= 15 is 0 Å². The summed E-state index contributed by atoms with van der Waals surface area (Å²) in [7, 11) is -1.72. The molecule has 4 nitrogen and oxygen atoms in total. The number of rotatable bonds is 3. The van der Waals surface area contributed by atoms with Crippen LogP contribution in [0.2, 0.25) is 0 Å². The Morgan fingerprint density at radius 1 is 1.30 bits per heavy atom. The first kappa shape index (κ1) is 15.4. The average Bonchev–Trinajstić information content (AvgIpc) is 2.90. The maximum absolute atomic E-state index is 12.8. The lowest BCUT2D eigenvalue weighted by molar-refractivity contribution is 0.251. The summed E-state index contributed by atoms with van der Waals surface area (Å²) >= 11 is 8.09. The summed E-state index contributed by atoms with van der Waals surface area (Å²) in [5.41, 5.74) is 0. The van der Waals surface area contributed by atoms with Gasteiger partial charge in [-0.15, -0.1) is 11.3 Å². The van der Waals surface area contributed by atoms with Crippen molar-refractivity contribution in [1.82, 2.24) is 9.62 Å². The van der Waals surface area contributed by atoms with Crippen molar-refractivity contribution in [3.05, 3.63) is 13.6 Å². The van der Waals surface area contributed by atoms with Gasteiger partial charge in [-0.3, -0.25) is 0 Å². The van der Waals surface area contributed by atoms with Gasteiger partial charge in [0.2, 0.25) is 10.0 Å². The second-order valence-electron chi connectivity index (χ2n) is 5.47. The minimum absolute atomic E-state index is 0.101. The van der Waals surface area contributed by atoms with Gasteiger partial charge in [0.15, 0.2) is 0 Å². The molecule has 2 unspecified atom stereocenters. The number of nitrogens with zero attached hydrogens (tertiary/aromatic N) is 1. The van der Waals surface area contributed by atoms with Crippen LogP contribution in [-0.2, 0) is 10.0 Å². The first-order valence-corrected chi connectivity index (χ1v) is 10.4. The molecule has 2 fully saturated rings. The summed E-state index contributed by atoms with van der Waals surface area (Å²) in [5.74, 6) is 0. The molecule has 0 radical (unpaired) electrons. The average molecular weight is 444 g/mol. The standard InChI is InChI=1S/C12H16Br2N2O2S2/c1-16(9-4-7-2-3-8(5-9)15-7)20(17,18)10-6-11(13)19-12(10)14/h6-9,15H,2-5H2,1H3. The monoisotopic (exact) mass is 442 g/mol. The lowest BCUT2D eigenvalue weighted by atomic mass is 10.0. The van der Waals surface area contributed by atoms with Crippen molar-refractivity contribution >= 4 is 53.2 Å². The first-order chi connectivity index (χ1) is 9.38. The second kappa shape index (κ2) is 5.62. The van der Waals surface area contributed by atoms with E-state index in [0.29, 0.717) is 20.8 Å². The van der Waals surface area contributed by atoms with Gasteiger partial charge in [-0.05, 0) is 63.6 Å². The van der Waals surface area contributed by atoms with Gasteiger partial charge < -0.3 is 5.32 Å². The molecule has 3 rings (SSSR count). The van der Waals surface area contributed by atoms with Crippen molar-refractivity contribution in [3.8, 4) is 0 Å². The fourth-order valence-electron chi connectivity index (χ4n) is 3.18. The molecule has 1 aromatic rings. The van der Waals surface area contributed by atoms with Crippen molar-refractivity contribution < 1.29 is 8.42 Å². The lowest BCUT2D eigenvalue weighted by Crippen LogP contribution is -2.48. The third kappa shape index (κ3) is 2.75. The van der Waals surface area contributed by atoms with Crippen LogP contribution in [-0.4, -0.2) is 37.9 Å². The van der Waals surface area contributed by atoms with Crippen molar-refractivity contribution in [2.75, 3.05) is 7.05 Å². The smallest absolute Gasteiger partial charge is 0.245 e. The molecule has 112 valence electrons. The Balaban J connectivity index is 1.86. The van der Waals surface area contributed by atoms with E-state index < -0.39 is 10.0 Å². The van der Waals surface area contributed by atoms with Gasteiger partial charge in [0.05, 0.1) is 7.57 Å². The number of thiophene rings is 1. The van der Waals surface area contributed by atoms with Gasteiger partial charge in [0.25, 0.3) is 0 Å². The highest BCUT2D eigenvalue weighted by molar-refractivity contribution is 9.12. The van der Waals surface area contributed by atoms with Crippen LogP contribution in [0.25, 0.3) is 0 Å². The third-order valence-electron chi connectivity index (χ3n) is 4.24. The molecule has 1 N–H and O–H groups in total. The highest BCUT2D eigenvalue weighted by Gasteiger charge is 2.39. The molecule has 1 aromatic heterocycles. The van der Waals surface area contributed by atoms with Crippen LogP contribution in [0.4, 0.5) is 0 Å². The maximum Gasteiger partial charge on any atom is 0.245 e. The highest BCUT2D eigenvalue weighted by atomic mass is 79.9. The summed E-state index contributed by atoms with van der Waals surface area (Å²) in [6, 6.07) is 2.74. The molecule has 2 aliphatic rings. The van der Waals surface area contributed by atoms with Crippen LogP contribution < -0.4 is 5.32 Å². The van der Waals surface area contributed by atoms with E-state index in [1.54, 1.807) is 17.4 Å². The molecule has 2 atom stereocenters. The van der Waals surface area contributed by atoms with Crippen LogP contribution in [0.5, 0.6) is 0 Å². The fourth-order valence-corrected chi connectivity index (χ4v) is 8.31. The molecule has 2 aliphatic heterocycles. The minimum atomic E-state index is -3.43. The zero-order chi connectivity index (χ0) is 14.5. The van der Waals surface area contributed by atoms with Gasteiger partial charge in [0, 0.05) is 25.2 Å². The quantitative estimate of drug-likeness (QED) is 0.780. The van der Waals surface area contributed by atoms with Crippen LogP contribution in [0.1, 0.15) is 25.7 Å². The predicted molar refractivity (Wildman–Crippen MR) is 87.6 cm³/mol. The third-order valence-corrected chi connectivity index (χ3v) is 8.91. The van der Waals surface area contributed by atoms with Crippen molar-refractivity contribution in [1.29, 1.82) is 0 Å². The normalized spacial score (nSPS) is 30.1. The number of piperidine rings is 1. The van der Waals surface area contributed by atoms with E-state index in [2.05, 4.69) is 37.2 Å². The second-order valence-corrected chi connectivity index (χ2v) is 11.2. The summed E-state index contributed by atoms with van der Waals surface area (Å²) in [6.45, 7) is 0. The molecular weight excluding hydrogens is 428 g/mol. The van der Waals surface area contributed by atoms with E-state index in [9.17, 15) is 8.42 Å². The Morgan fingerprint density at radius 2 is 1.90 bits per heavy atom. The molecule has 0 aliphatic carbocycles. The van der Waals surface area contributed by atoms with Crippen LogP contribution in [0.3, 0.4) is 0 Å². The van der Waals surface area contributed by atoms with Crippen molar-refractivity contribution in [2.45, 2.75) is 48.7 Å². The van der Waals surface area contributed by atoms with Crippen LogP contribution in [0.15, 0.2) is 18.5 Å². The predicted octanol–water partition coefficient (Wildman–Crippen LogP) is 3.18.